The number of anilines is 1. The molecule has 0 amide bonds. The number of hydrogen-bond acceptors (Lipinski definition) is 5. The number of hydrogen-bond donors (Lipinski definition) is 3. The van der Waals surface area contributed by atoms with E-state index in [1.807, 2.05) is 6.07 Å². The molecule has 0 atom stereocenters. The van der Waals surface area contributed by atoms with Crippen molar-refractivity contribution >= 4 is 16.1 Å². The van der Waals surface area contributed by atoms with Gasteiger partial charge in [-0.05, 0) is 24.3 Å². The third-order valence-electron chi connectivity index (χ3n) is 1.24. The summed E-state index contributed by atoms with van der Waals surface area (Å²) in [5, 5.41) is 8.38. The van der Waals surface area contributed by atoms with Gasteiger partial charge in [0.2, 0.25) is 0 Å². The molecule has 1 aromatic carbocycles. The lowest BCUT2D eigenvalue weighted by atomic mass is 10.2. The van der Waals surface area contributed by atoms with E-state index >= 15 is 0 Å². The molecule has 0 spiro atoms. The van der Waals surface area contributed by atoms with Crippen LogP contribution in [0.15, 0.2) is 24.3 Å². The summed E-state index contributed by atoms with van der Waals surface area (Å²) in [4.78, 5) is 0. The summed E-state index contributed by atoms with van der Waals surface area (Å²) >= 11 is 0. The van der Waals surface area contributed by atoms with E-state index < -0.39 is 10.4 Å². The van der Waals surface area contributed by atoms with Crippen LogP contribution in [-0.2, 0) is 10.4 Å². The standard InChI is InChI=1S/C7H6FN3.H2O4S/c8-11(10)7-3-1-6(5-9)2-4-7;1-5(2,3)4/h1-4H,10H2;(H2,1,2,3,4). The summed E-state index contributed by atoms with van der Waals surface area (Å²) in [7, 11) is -4.67. The molecule has 1 rings (SSSR count). The van der Waals surface area contributed by atoms with Crippen molar-refractivity contribution in [1.29, 1.82) is 5.26 Å². The average Bonchev–Trinajstić information content (AvgIpc) is 2.15. The molecule has 88 valence electrons. The first kappa shape index (κ1) is 14.3. The number of nitrogens with zero attached hydrogens (tertiary/aromatic N) is 2. The average molecular weight is 249 g/mol. The normalized spacial score (nSPS) is 9.69. The molecule has 0 heterocycles. The molecule has 0 saturated heterocycles. The Balaban J connectivity index is 0.000000385. The van der Waals surface area contributed by atoms with Crippen molar-refractivity contribution in [2.75, 3.05) is 5.23 Å². The highest BCUT2D eigenvalue weighted by molar-refractivity contribution is 7.79. The summed E-state index contributed by atoms with van der Waals surface area (Å²) in [6, 6.07) is 7.76. The zero-order valence-corrected chi connectivity index (χ0v) is 8.59. The van der Waals surface area contributed by atoms with Gasteiger partial charge in [-0.2, -0.15) is 13.7 Å². The van der Waals surface area contributed by atoms with E-state index in [1.54, 1.807) is 0 Å². The Hall–Kier alpha value is -1.73. The Bertz CT molecular complexity index is 457. The zero-order chi connectivity index (χ0) is 12.8. The predicted octanol–water partition coefficient (Wildman–Crippen LogP) is 0.470. The molecule has 1 aromatic rings. The molecule has 0 aliphatic rings. The molecule has 0 unspecified atom stereocenters. The lowest BCUT2D eigenvalue weighted by molar-refractivity contribution is 0.381. The van der Waals surface area contributed by atoms with E-state index in [9.17, 15) is 4.48 Å². The summed E-state index contributed by atoms with van der Waals surface area (Å²) in [5.41, 5.74) is 0.708. The minimum atomic E-state index is -4.67. The van der Waals surface area contributed by atoms with Crippen LogP contribution in [0.1, 0.15) is 5.56 Å². The fourth-order valence-corrected chi connectivity index (χ4v) is 0.678. The van der Waals surface area contributed by atoms with E-state index in [4.69, 9.17) is 28.6 Å². The lowest BCUT2D eigenvalue weighted by Gasteiger charge is -2.04. The molecule has 16 heavy (non-hydrogen) atoms. The van der Waals surface area contributed by atoms with Gasteiger partial charge in [0.1, 0.15) is 0 Å². The molecule has 0 saturated carbocycles. The number of hydrazine groups is 1. The van der Waals surface area contributed by atoms with Crippen molar-refractivity contribution in [2.24, 2.45) is 5.84 Å². The van der Waals surface area contributed by atoms with E-state index in [0.29, 0.717) is 5.56 Å². The number of rotatable bonds is 1. The van der Waals surface area contributed by atoms with E-state index in [-0.39, 0.29) is 10.9 Å². The van der Waals surface area contributed by atoms with E-state index in [2.05, 4.69) is 0 Å². The van der Waals surface area contributed by atoms with Crippen molar-refractivity contribution in [1.82, 2.24) is 0 Å². The first-order chi connectivity index (χ1) is 7.24. The molecule has 9 heteroatoms. The van der Waals surface area contributed by atoms with Crippen molar-refractivity contribution in [3.8, 4) is 6.07 Å². The predicted molar refractivity (Wildman–Crippen MR) is 53.1 cm³/mol. The van der Waals surface area contributed by atoms with Crippen LogP contribution in [0.4, 0.5) is 10.2 Å². The summed E-state index contributed by atoms with van der Waals surface area (Å²) in [6.07, 6.45) is 0. The minimum absolute atomic E-state index is 0.00115. The molecule has 0 radical (unpaired) electrons. The fraction of sp³-hybridized carbons (Fsp3) is 0. The SMILES string of the molecule is N#Cc1ccc(N(N)F)cc1.O=S(=O)(O)O. The van der Waals surface area contributed by atoms with Gasteiger partial charge in [-0.25, -0.2) is 5.84 Å². The summed E-state index contributed by atoms with van der Waals surface area (Å²) in [5.74, 6) is 4.79. The van der Waals surface area contributed by atoms with E-state index in [1.165, 1.54) is 24.3 Å². The van der Waals surface area contributed by atoms with Gasteiger partial charge in [0.05, 0.1) is 17.3 Å². The second-order valence-corrected chi connectivity index (χ2v) is 3.31. The third kappa shape index (κ3) is 7.65. The molecule has 0 aliphatic heterocycles. The molecular weight excluding hydrogens is 241 g/mol. The molecule has 7 nitrogen and oxygen atoms in total. The van der Waals surface area contributed by atoms with E-state index in [0.717, 1.165) is 0 Å². The van der Waals surface area contributed by atoms with Crippen LogP contribution in [0.2, 0.25) is 0 Å². The Kier molecular flexibility index (Phi) is 5.34. The first-order valence-electron chi connectivity index (χ1n) is 3.64. The Morgan fingerprint density at radius 1 is 1.31 bits per heavy atom. The van der Waals surface area contributed by atoms with Crippen LogP contribution in [0.25, 0.3) is 0 Å². The highest BCUT2D eigenvalue weighted by Gasteiger charge is 1.97. The van der Waals surface area contributed by atoms with Gasteiger partial charge < -0.3 is 0 Å². The maximum Gasteiger partial charge on any atom is 0.394 e. The summed E-state index contributed by atoms with van der Waals surface area (Å²) in [6.45, 7) is 0. The van der Waals surface area contributed by atoms with Crippen molar-refractivity contribution in [3.63, 3.8) is 0 Å². The largest absolute Gasteiger partial charge is 0.394 e. The van der Waals surface area contributed by atoms with Crippen molar-refractivity contribution < 1.29 is 22.0 Å². The van der Waals surface area contributed by atoms with Gasteiger partial charge in [0.25, 0.3) is 0 Å². The fourth-order valence-electron chi connectivity index (χ4n) is 0.678. The minimum Gasteiger partial charge on any atom is -0.264 e. The maximum absolute atomic E-state index is 12.2. The van der Waals surface area contributed by atoms with Crippen LogP contribution >= 0.6 is 0 Å². The Morgan fingerprint density at radius 2 is 1.69 bits per heavy atom. The van der Waals surface area contributed by atoms with Gasteiger partial charge in [-0.15, -0.1) is 5.23 Å². The zero-order valence-electron chi connectivity index (χ0n) is 7.78. The van der Waals surface area contributed by atoms with Crippen molar-refractivity contribution in [2.45, 2.75) is 0 Å². The van der Waals surface area contributed by atoms with Gasteiger partial charge in [0, 0.05) is 0 Å². The molecular formula is C7H8FN3O4S. The Labute approximate surface area is 91.0 Å². The van der Waals surface area contributed by atoms with Gasteiger partial charge in [0.15, 0.2) is 0 Å². The highest BCUT2D eigenvalue weighted by Crippen LogP contribution is 2.11. The smallest absolute Gasteiger partial charge is 0.264 e. The summed E-state index contributed by atoms with van der Waals surface area (Å²) < 4.78 is 43.8. The van der Waals surface area contributed by atoms with Crippen LogP contribution in [0.5, 0.6) is 0 Å². The number of nitriles is 1. The van der Waals surface area contributed by atoms with Crippen LogP contribution in [0.3, 0.4) is 0 Å². The quantitative estimate of drug-likeness (QED) is 0.285. The highest BCUT2D eigenvalue weighted by atomic mass is 32.3. The molecule has 0 aromatic heterocycles. The first-order valence-corrected chi connectivity index (χ1v) is 5.04. The second kappa shape index (κ2) is 5.99. The van der Waals surface area contributed by atoms with Gasteiger partial charge in [-0.3, -0.25) is 9.11 Å². The van der Waals surface area contributed by atoms with Crippen LogP contribution < -0.4 is 11.1 Å². The second-order valence-electron chi connectivity index (χ2n) is 2.42. The molecule has 0 fully saturated rings. The molecule has 4 N–H and O–H groups in total. The number of nitrogens with two attached hydrogens (primary N) is 1. The van der Waals surface area contributed by atoms with Crippen molar-refractivity contribution in [3.05, 3.63) is 29.8 Å². The number of benzene rings is 1. The van der Waals surface area contributed by atoms with Gasteiger partial charge >= 0.3 is 10.4 Å². The number of halogens is 1. The van der Waals surface area contributed by atoms with Crippen LogP contribution in [-0.4, -0.2) is 17.5 Å². The maximum atomic E-state index is 12.2. The monoisotopic (exact) mass is 249 g/mol. The topological polar surface area (TPSA) is 128 Å². The lowest BCUT2D eigenvalue weighted by Crippen LogP contribution is -2.19. The Morgan fingerprint density at radius 3 is 1.94 bits per heavy atom. The van der Waals surface area contributed by atoms with Gasteiger partial charge in [-0.1, -0.05) is 4.48 Å². The molecule has 0 bridgehead atoms. The molecule has 0 aliphatic carbocycles. The van der Waals surface area contributed by atoms with Crippen LogP contribution in [0, 0.1) is 11.3 Å². The third-order valence-corrected chi connectivity index (χ3v) is 1.24.